The summed E-state index contributed by atoms with van der Waals surface area (Å²) in [4.78, 5) is 8.73. The summed E-state index contributed by atoms with van der Waals surface area (Å²) in [6, 6.07) is 14.5. The standard InChI is InChI=1S/C31H28F6N4O/c1-18-8-30(25-4-2-3-5-29(25)38-18)39-21-10-20(31(35,36)37)11-24(12-21)42-7-6-40-16-23-13-22(40)17-41(23)15-19-9-27(33)28(34)14-26(19)32/h2-5,8-12,14,22-23H,6-7,13,15-17H2,1H3,(H,38,39)/t22?,23-/m0/s1. The summed E-state index contributed by atoms with van der Waals surface area (Å²) in [6.07, 6.45) is -3.72. The lowest BCUT2D eigenvalue weighted by atomic mass is 10.1. The Bertz CT molecular complexity index is 1630. The van der Waals surface area contributed by atoms with Crippen LogP contribution < -0.4 is 10.1 Å². The van der Waals surface area contributed by atoms with Crippen molar-refractivity contribution in [1.82, 2.24) is 14.8 Å². The molecular formula is C31H28F6N4O. The van der Waals surface area contributed by atoms with Gasteiger partial charge in [0.15, 0.2) is 11.6 Å². The van der Waals surface area contributed by atoms with Crippen LogP contribution in [-0.2, 0) is 12.7 Å². The molecule has 1 aromatic heterocycles. The molecule has 0 aliphatic carbocycles. The molecule has 3 heterocycles. The Morgan fingerprint density at radius 1 is 0.905 bits per heavy atom. The molecule has 11 heteroatoms. The average molecular weight is 587 g/mol. The lowest BCUT2D eigenvalue weighted by Crippen LogP contribution is -2.47. The number of para-hydroxylation sites is 1. The zero-order chi connectivity index (χ0) is 29.6. The molecule has 0 spiro atoms. The maximum absolute atomic E-state index is 14.1. The Kier molecular flexibility index (Phi) is 7.48. The zero-order valence-corrected chi connectivity index (χ0v) is 22.7. The highest BCUT2D eigenvalue weighted by atomic mass is 19.4. The van der Waals surface area contributed by atoms with Crippen LogP contribution in [0.4, 0.5) is 37.7 Å². The summed E-state index contributed by atoms with van der Waals surface area (Å²) in [5.41, 5.74) is 1.64. The molecule has 0 radical (unpaired) electrons. The largest absolute Gasteiger partial charge is 0.492 e. The van der Waals surface area contributed by atoms with Crippen molar-refractivity contribution in [2.75, 3.05) is 31.6 Å². The molecule has 220 valence electrons. The monoisotopic (exact) mass is 586 g/mol. The van der Waals surface area contributed by atoms with Crippen LogP contribution in [0.5, 0.6) is 5.75 Å². The number of nitrogens with zero attached hydrogens (tertiary/aromatic N) is 3. The number of fused-ring (bicyclic) bond motifs is 3. The quantitative estimate of drug-likeness (QED) is 0.177. The molecule has 1 unspecified atom stereocenters. The molecular weight excluding hydrogens is 558 g/mol. The highest BCUT2D eigenvalue weighted by Gasteiger charge is 2.43. The Hall–Kier alpha value is -3.83. The van der Waals surface area contributed by atoms with E-state index in [9.17, 15) is 26.3 Å². The maximum atomic E-state index is 14.1. The molecule has 0 saturated carbocycles. The first-order valence-corrected chi connectivity index (χ1v) is 13.6. The van der Waals surface area contributed by atoms with Gasteiger partial charge in [-0.1, -0.05) is 18.2 Å². The van der Waals surface area contributed by atoms with Gasteiger partial charge in [0, 0.05) is 78.4 Å². The average Bonchev–Trinajstić information content (AvgIpc) is 3.51. The maximum Gasteiger partial charge on any atom is 0.416 e. The lowest BCUT2D eigenvalue weighted by molar-refractivity contribution is -0.137. The number of piperazine rings is 1. The smallest absolute Gasteiger partial charge is 0.416 e. The van der Waals surface area contributed by atoms with E-state index in [0.29, 0.717) is 31.4 Å². The van der Waals surface area contributed by atoms with Gasteiger partial charge >= 0.3 is 6.18 Å². The fourth-order valence-electron chi connectivity index (χ4n) is 5.97. The van der Waals surface area contributed by atoms with Crippen molar-refractivity contribution in [3.8, 4) is 5.75 Å². The van der Waals surface area contributed by atoms with Gasteiger partial charge in [0.05, 0.1) is 11.1 Å². The predicted octanol–water partition coefficient (Wildman–Crippen LogP) is 7.06. The molecule has 42 heavy (non-hydrogen) atoms. The van der Waals surface area contributed by atoms with Crippen LogP contribution in [0.3, 0.4) is 0 Å². The van der Waals surface area contributed by atoms with Gasteiger partial charge in [-0.15, -0.1) is 0 Å². The van der Waals surface area contributed by atoms with Gasteiger partial charge in [0.25, 0.3) is 0 Å². The van der Waals surface area contributed by atoms with Crippen molar-refractivity contribution >= 4 is 22.3 Å². The number of aromatic nitrogens is 1. The van der Waals surface area contributed by atoms with Crippen molar-refractivity contribution < 1.29 is 31.1 Å². The number of anilines is 2. The topological polar surface area (TPSA) is 40.6 Å². The fourth-order valence-corrected chi connectivity index (χ4v) is 5.97. The van der Waals surface area contributed by atoms with Crippen molar-refractivity contribution in [3.63, 3.8) is 0 Å². The van der Waals surface area contributed by atoms with Gasteiger partial charge < -0.3 is 10.1 Å². The number of nitrogens with one attached hydrogen (secondary N) is 1. The summed E-state index contributed by atoms with van der Waals surface area (Å²) in [6.45, 7) is 3.98. The number of likely N-dealkylation sites (tertiary alicyclic amines) is 2. The molecule has 2 fully saturated rings. The summed E-state index contributed by atoms with van der Waals surface area (Å²) >= 11 is 0. The van der Waals surface area contributed by atoms with Crippen molar-refractivity contribution in [2.24, 2.45) is 0 Å². The molecule has 2 aliphatic rings. The number of hydrogen-bond acceptors (Lipinski definition) is 5. The molecule has 2 atom stereocenters. The van der Waals surface area contributed by atoms with Crippen LogP contribution in [0.2, 0.25) is 0 Å². The van der Waals surface area contributed by atoms with Crippen LogP contribution in [0, 0.1) is 24.4 Å². The number of ether oxygens (including phenoxy) is 1. The van der Waals surface area contributed by atoms with E-state index in [-0.39, 0.29) is 42.2 Å². The van der Waals surface area contributed by atoms with Gasteiger partial charge in [-0.25, -0.2) is 13.2 Å². The summed E-state index contributed by atoms with van der Waals surface area (Å²) < 4.78 is 88.1. The van der Waals surface area contributed by atoms with E-state index in [4.69, 9.17) is 4.74 Å². The number of aryl methyl sites for hydroxylation is 1. The van der Waals surface area contributed by atoms with Crippen molar-refractivity contribution in [3.05, 3.63) is 94.9 Å². The normalized spacial score (nSPS) is 19.1. The van der Waals surface area contributed by atoms with E-state index in [2.05, 4.69) is 15.2 Å². The van der Waals surface area contributed by atoms with Gasteiger partial charge in [-0.05, 0) is 43.7 Å². The minimum absolute atomic E-state index is 0.0993. The number of alkyl halides is 3. The fraction of sp³-hybridized carbons (Fsp3) is 0.323. The van der Waals surface area contributed by atoms with E-state index in [1.54, 1.807) is 12.1 Å². The molecule has 6 rings (SSSR count). The highest BCUT2D eigenvalue weighted by Crippen LogP contribution is 2.37. The Morgan fingerprint density at radius 2 is 1.64 bits per heavy atom. The van der Waals surface area contributed by atoms with E-state index in [1.165, 1.54) is 0 Å². The first-order chi connectivity index (χ1) is 20.0. The summed E-state index contributed by atoms with van der Waals surface area (Å²) in [7, 11) is 0. The number of benzene rings is 3. The van der Waals surface area contributed by atoms with Crippen LogP contribution in [0.1, 0.15) is 23.2 Å². The molecule has 2 bridgehead atoms. The second-order valence-corrected chi connectivity index (χ2v) is 10.9. The highest BCUT2D eigenvalue weighted by molar-refractivity contribution is 5.93. The van der Waals surface area contributed by atoms with E-state index < -0.39 is 29.2 Å². The molecule has 4 aromatic rings. The van der Waals surface area contributed by atoms with Crippen LogP contribution in [-0.4, -0.2) is 53.1 Å². The van der Waals surface area contributed by atoms with Gasteiger partial charge in [0.1, 0.15) is 18.2 Å². The Balaban J connectivity index is 1.10. The third kappa shape index (κ3) is 5.89. The number of rotatable bonds is 8. The third-order valence-corrected chi connectivity index (χ3v) is 7.93. The summed E-state index contributed by atoms with van der Waals surface area (Å²) in [5.74, 6) is -2.96. The first-order valence-electron chi connectivity index (χ1n) is 13.6. The lowest BCUT2D eigenvalue weighted by Gasteiger charge is -2.34. The van der Waals surface area contributed by atoms with Gasteiger partial charge in [-0.2, -0.15) is 13.2 Å². The zero-order valence-electron chi connectivity index (χ0n) is 22.7. The second kappa shape index (κ2) is 11.1. The van der Waals surface area contributed by atoms with E-state index in [1.807, 2.05) is 36.1 Å². The SMILES string of the molecule is Cc1cc(Nc2cc(OCCN3C[C@@H]4CC3CN4Cc3cc(F)c(F)cc3F)cc(C(F)(F)F)c2)c2ccccc2n1. The van der Waals surface area contributed by atoms with Gasteiger partial charge in [-0.3, -0.25) is 14.8 Å². The number of pyridine rings is 1. The minimum Gasteiger partial charge on any atom is -0.492 e. The van der Waals surface area contributed by atoms with Crippen LogP contribution >= 0.6 is 0 Å². The van der Waals surface area contributed by atoms with Gasteiger partial charge in [0.2, 0.25) is 0 Å². The second-order valence-electron chi connectivity index (χ2n) is 10.9. The third-order valence-electron chi connectivity index (χ3n) is 7.93. The minimum atomic E-state index is -4.56. The predicted molar refractivity (Wildman–Crippen MR) is 147 cm³/mol. The molecule has 2 saturated heterocycles. The number of hydrogen-bond donors (Lipinski definition) is 1. The molecule has 0 amide bonds. The first kappa shape index (κ1) is 28.3. The Labute approximate surface area is 238 Å². The molecule has 1 N–H and O–H groups in total. The molecule has 5 nitrogen and oxygen atoms in total. The van der Waals surface area contributed by atoms with Crippen LogP contribution in [0.15, 0.2) is 60.7 Å². The van der Waals surface area contributed by atoms with Crippen LogP contribution in [0.25, 0.3) is 10.9 Å². The van der Waals surface area contributed by atoms with E-state index in [0.717, 1.165) is 41.2 Å². The molecule has 3 aromatic carbocycles. The van der Waals surface area contributed by atoms with Crippen molar-refractivity contribution in [2.45, 2.75) is 38.1 Å². The number of halogens is 6. The van der Waals surface area contributed by atoms with Crippen molar-refractivity contribution in [1.29, 1.82) is 0 Å². The summed E-state index contributed by atoms with van der Waals surface area (Å²) in [5, 5.41) is 3.91. The molecule has 2 aliphatic heterocycles. The Morgan fingerprint density at radius 3 is 2.40 bits per heavy atom. The van der Waals surface area contributed by atoms with E-state index >= 15 is 0 Å².